The van der Waals surface area contributed by atoms with Crippen molar-refractivity contribution in [1.29, 1.82) is 0 Å². The number of nitrogens with one attached hydrogen (secondary N) is 4. The Balaban J connectivity index is 0. The van der Waals surface area contributed by atoms with Crippen LogP contribution in [0.5, 0.6) is 0 Å². The van der Waals surface area contributed by atoms with E-state index in [0.717, 1.165) is 21.2 Å². The van der Waals surface area contributed by atoms with Crippen LogP contribution in [0.1, 0.15) is 156 Å². The first kappa shape index (κ1) is 87.4. The molecule has 0 aromatic heterocycles. The Kier molecular flexibility index (Phi) is 38.2. The first-order valence-corrected chi connectivity index (χ1v) is 31.4. The number of aliphatic hydroxyl groups excluding tert-OH is 1. The van der Waals surface area contributed by atoms with Gasteiger partial charge in [-0.3, -0.25) is 47.9 Å². The van der Waals surface area contributed by atoms with E-state index in [1.54, 1.807) is 74.5 Å². The molecule has 522 valence electrons. The smallest absolute Gasteiger partial charge is 0.469 e. The minimum absolute atomic E-state index is 0. The zero-order valence-electron chi connectivity index (χ0n) is 59.8. The number of methoxy groups -OCH3 is 1. The van der Waals surface area contributed by atoms with Crippen molar-refractivity contribution >= 4 is 65.0 Å². The molecule has 1 aliphatic heterocycles. The summed E-state index contributed by atoms with van der Waals surface area (Å²) in [6.45, 7) is 30.1. The predicted molar refractivity (Wildman–Crippen MR) is 346 cm³/mol. The summed E-state index contributed by atoms with van der Waals surface area (Å²) in [5.41, 5.74) is -1.14. The Morgan fingerprint density at radius 3 is 1.46 bits per heavy atom. The minimum Gasteiger partial charge on any atom is -0.469 e. The molecule has 1 aliphatic rings. The molecule has 25 nitrogen and oxygen atoms in total. The molecule has 0 saturated carbocycles. The quantitative estimate of drug-likeness (QED) is 0.0745. The Morgan fingerprint density at radius 2 is 1.00 bits per heavy atom. The maximum Gasteiger partial charge on any atom is 2.00 e. The van der Waals surface area contributed by atoms with Gasteiger partial charge in [-0.15, -0.1) is 0 Å². The molecular weight excluding hydrogens is 1340 g/mol. The standard InChI is InChI=1S/C64H114N11O14.CH3.W/c1-26-28-29-41(13)53(77)52-57(81)67-44(27-2)59(83)69(18)34-49(76)70(19)48(33-64(16,17)89-35-88-25)56(80)68-50(39(9)10)62(86)71(20)45(30-36(3)4)55(79)65-42(14)54(78)66-43(15)58(82)72(21)46(31-37(5)6)60(84)73(22)47(32-38(7)8)61(85)74(23)51(40(11)12)63(87)75(52)24;;/h26,28,34,36-48,50-53,77H,27,29-33,35H2,1-25H3,(H,65,79)(H,66,78)(H,67,81)(H,68,80);1H3;/q2*-1;+2/b28-26+;;/t41-,42+,43-,44+,45+,46+,47+,48+,50+,51+,52+,53-;;/m1../s1. The number of nitrogens with zero attached hydrogens (tertiary/aromatic N) is 7. The predicted octanol–water partition coefficient (Wildman–Crippen LogP) is 3.62. The second-order valence-electron chi connectivity index (χ2n) is 26.8. The molecule has 11 amide bonds. The van der Waals surface area contributed by atoms with E-state index in [2.05, 4.69) is 21.3 Å². The third-order valence-corrected chi connectivity index (χ3v) is 16.5. The number of likely N-dealkylation sites (N-methyl/N-ethyl adjacent to an activating group) is 7. The fourth-order valence-corrected chi connectivity index (χ4v) is 10.8. The van der Waals surface area contributed by atoms with Gasteiger partial charge in [-0.2, -0.15) is 0 Å². The molecular formula is C65H117N11O14W. The monoisotopic (exact) mass is 1460 g/mol. The molecule has 0 spiro atoms. The van der Waals surface area contributed by atoms with E-state index in [0.29, 0.717) is 6.42 Å². The number of carbonyl (C=O) groups excluding carboxylic acids is 11. The van der Waals surface area contributed by atoms with Crippen molar-refractivity contribution in [2.45, 2.75) is 228 Å². The number of hydrogen-bond donors (Lipinski definition) is 5. The van der Waals surface area contributed by atoms with Crippen molar-refractivity contribution in [1.82, 2.24) is 55.6 Å². The topological polar surface area (TPSA) is 297 Å². The Bertz CT molecular complexity index is 2440. The SMILES string of the molecule is C/C=C/C[C@@H](C)[C@@H](O)[C@H]1C(=O)N[C@@H](CC)C(=O)N(C)[CH-]C(=O)N(C)[C@@H](CC(C)(C)OCOC)C(=O)N[C@@H](C(C)C)C(=O)N(C)[C@@H](CC(C)C)C(=O)N[C@@H](C)C(=O)N[C@H](C)C(=O)N(C)[C@@H](CC(C)C)C(=O)N(C)[C@@H](CC(C)C)C(=O)N(C)[C@@H](C(C)C)C(=O)N1C.[CH3-].[W+2]. The average molecular weight is 1460 g/mol. The summed E-state index contributed by atoms with van der Waals surface area (Å²) in [6.07, 6.45) is 2.55. The number of ether oxygens (including phenoxy) is 2. The zero-order valence-corrected chi connectivity index (χ0v) is 62.7. The van der Waals surface area contributed by atoms with Gasteiger partial charge in [-0.05, 0) is 109 Å². The van der Waals surface area contributed by atoms with E-state index in [-0.39, 0.29) is 85.1 Å². The van der Waals surface area contributed by atoms with E-state index < -0.39 is 155 Å². The van der Waals surface area contributed by atoms with Crippen molar-refractivity contribution in [2.24, 2.45) is 35.5 Å². The average Bonchev–Trinajstić information content (AvgIpc) is 2.02. The van der Waals surface area contributed by atoms with Crippen molar-refractivity contribution in [3.05, 3.63) is 26.1 Å². The van der Waals surface area contributed by atoms with Crippen molar-refractivity contribution in [3.63, 3.8) is 0 Å². The molecule has 0 radical (unpaired) electrons. The molecule has 5 N–H and O–H groups in total. The van der Waals surface area contributed by atoms with E-state index in [1.807, 2.05) is 41.5 Å². The molecule has 12 atom stereocenters. The van der Waals surface area contributed by atoms with Gasteiger partial charge >= 0.3 is 21.1 Å². The van der Waals surface area contributed by atoms with Crippen LogP contribution < -0.4 is 21.3 Å². The van der Waals surface area contributed by atoms with Gasteiger partial charge in [0.15, 0.2) is 0 Å². The molecule has 1 heterocycles. The van der Waals surface area contributed by atoms with Crippen LogP contribution in [0, 0.1) is 49.5 Å². The Labute approximate surface area is 559 Å². The summed E-state index contributed by atoms with van der Waals surface area (Å²) in [5, 5.41) is 23.0. The van der Waals surface area contributed by atoms with Crippen LogP contribution in [0.4, 0.5) is 0 Å². The minimum atomic E-state index is -1.65. The van der Waals surface area contributed by atoms with Crippen LogP contribution >= 0.6 is 0 Å². The molecule has 1 saturated heterocycles. The van der Waals surface area contributed by atoms with Gasteiger partial charge in [-0.1, -0.05) is 95.2 Å². The maximum atomic E-state index is 15.2. The number of allylic oxidation sites excluding steroid dienone is 2. The maximum absolute atomic E-state index is 15.2. The van der Waals surface area contributed by atoms with Gasteiger partial charge in [-0.25, -0.2) is 6.54 Å². The van der Waals surface area contributed by atoms with Gasteiger partial charge in [0.05, 0.1) is 11.7 Å². The van der Waals surface area contributed by atoms with E-state index >= 15 is 9.59 Å². The normalized spacial score (nSPS) is 25.7. The van der Waals surface area contributed by atoms with Crippen molar-refractivity contribution in [3.8, 4) is 0 Å². The molecule has 0 aromatic carbocycles. The summed E-state index contributed by atoms with van der Waals surface area (Å²) in [6, 6.07) is -12.9. The molecule has 1 fully saturated rings. The summed E-state index contributed by atoms with van der Waals surface area (Å²) in [5.74, 6) is -10.4. The van der Waals surface area contributed by atoms with Gasteiger partial charge in [0.2, 0.25) is 59.1 Å². The van der Waals surface area contributed by atoms with Crippen LogP contribution in [0.3, 0.4) is 0 Å². The second kappa shape index (κ2) is 39.8. The molecule has 91 heavy (non-hydrogen) atoms. The molecule has 1 rings (SSSR count). The van der Waals surface area contributed by atoms with Crippen molar-refractivity contribution in [2.75, 3.05) is 63.2 Å². The van der Waals surface area contributed by atoms with Crippen LogP contribution in [0.2, 0.25) is 0 Å². The number of hydrogen-bond acceptors (Lipinski definition) is 14. The van der Waals surface area contributed by atoms with Crippen LogP contribution in [0.25, 0.3) is 0 Å². The van der Waals surface area contributed by atoms with Crippen molar-refractivity contribution < 1.29 is 88.4 Å². The first-order chi connectivity index (χ1) is 41.1. The van der Waals surface area contributed by atoms with Gasteiger partial charge in [0.1, 0.15) is 73.1 Å². The van der Waals surface area contributed by atoms with Crippen LogP contribution in [0.15, 0.2) is 12.2 Å². The summed E-state index contributed by atoms with van der Waals surface area (Å²) < 4.78 is 11.1. The summed E-state index contributed by atoms with van der Waals surface area (Å²) >= 11 is 0. The molecule has 0 bridgehead atoms. The third kappa shape index (κ3) is 25.3. The molecule has 0 unspecified atom stereocenters. The Morgan fingerprint density at radius 1 is 0.549 bits per heavy atom. The molecule has 26 heteroatoms. The van der Waals surface area contributed by atoms with E-state index in [1.165, 1.54) is 89.9 Å². The van der Waals surface area contributed by atoms with Gasteiger partial charge in [0.25, 0.3) is 0 Å². The summed E-state index contributed by atoms with van der Waals surface area (Å²) in [4.78, 5) is 169. The van der Waals surface area contributed by atoms with Crippen LogP contribution in [-0.4, -0.2) is 240 Å². The van der Waals surface area contributed by atoms with E-state index in [4.69, 9.17) is 9.47 Å². The third-order valence-electron chi connectivity index (χ3n) is 16.5. The largest absolute Gasteiger partial charge is 2.00 e. The van der Waals surface area contributed by atoms with E-state index in [9.17, 15) is 48.3 Å². The van der Waals surface area contributed by atoms with Gasteiger partial charge < -0.3 is 82.4 Å². The first-order valence-electron chi connectivity index (χ1n) is 31.4. The molecule has 0 aliphatic carbocycles. The summed E-state index contributed by atoms with van der Waals surface area (Å²) in [7, 11) is 11.1. The number of rotatable bonds is 18. The molecule has 0 aromatic rings. The number of aliphatic hydroxyl groups is 1. The van der Waals surface area contributed by atoms with Gasteiger partial charge in [0, 0.05) is 55.8 Å². The number of carbonyl (C=O) groups is 11. The zero-order chi connectivity index (χ0) is 69.0. The number of amides is 11. The van der Waals surface area contributed by atoms with Crippen LogP contribution in [-0.2, 0) is 83.3 Å². The second-order valence-corrected chi connectivity index (χ2v) is 26.8. The fourth-order valence-electron chi connectivity index (χ4n) is 10.8. The fraction of sp³-hybridized carbons (Fsp3) is 0.769. The Hall–Kier alpha value is -5.65.